The van der Waals surface area contributed by atoms with Gasteiger partial charge in [-0.15, -0.1) is 0 Å². The summed E-state index contributed by atoms with van der Waals surface area (Å²) in [6.45, 7) is 16.0. The number of rotatable bonds is 4. The minimum Gasteiger partial charge on any atom is -0.0871 e. The van der Waals surface area contributed by atoms with Crippen molar-refractivity contribution in [1.82, 2.24) is 0 Å². The van der Waals surface area contributed by atoms with Crippen LogP contribution in [0.25, 0.3) is 11.0 Å². The molecule has 1 aromatic rings. The van der Waals surface area contributed by atoms with Crippen molar-refractivity contribution >= 4 is 38.7 Å². The second-order valence-corrected chi connectivity index (χ2v) is 6.12. The number of halogens is 1. The van der Waals surface area contributed by atoms with Gasteiger partial charge in [0, 0.05) is 8.72 Å². The first kappa shape index (κ1) is 17.3. The van der Waals surface area contributed by atoms with Gasteiger partial charge in [-0.25, -0.2) is 0 Å². The van der Waals surface area contributed by atoms with Gasteiger partial charge < -0.3 is 0 Å². The number of benzene rings is 1. The highest BCUT2D eigenvalue weighted by Crippen LogP contribution is 2.34. The molecule has 0 saturated carbocycles. The van der Waals surface area contributed by atoms with Crippen LogP contribution >= 0.6 is 27.7 Å². The largest absolute Gasteiger partial charge is 0.0871 e. The normalized spacial score (nSPS) is 9.83. The monoisotopic (exact) mass is 324 g/mol. The van der Waals surface area contributed by atoms with Gasteiger partial charge in [0.2, 0.25) is 0 Å². The molecule has 0 N–H and O–H groups in total. The van der Waals surface area contributed by atoms with E-state index in [1.165, 1.54) is 11.1 Å². The highest BCUT2D eigenvalue weighted by atomic mass is 79.9. The van der Waals surface area contributed by atoms with Crippen LogP contribution in [-0.4, -0.2) is 0 Å². The fourth-order valence-corrected chi connectivity index (χ4v) is 2.46. The molecule has 1 aromatic carbocycles. The lowest BCUT2D eigenvalue weighted by Crippen LogP contribution is -1.84. The summed E-state index contributed by atoms with van der Waals surface area (Å²) in [5.41, 5.74) is 3.66. The lowest BCUT2D eigenvalue weighted by atomic mass is 10.0. The van der Waals surface area contributed by atoms with Crippen molar-refractivity contribution in [2.45, 2.75) is 27.7 Å². The molecule has 0 aliphatic heterocycles. The summed E-state index contributed by atoms with van der Waals surface area (Å²) in [6, 6.07) is 6.36. The zero-order valence-electron chi connectivity index (χ0n) is 11.6. The van der Waals surface area contributed by atoms with Crippen LogP contribution in [0.3, 0.4) is 0 Å². The first-order valence-corrected chi connectivity index (χ1v) is 7.60. The number of thioether (sulfide) groups is 1. The predicted octanol–water partition coefficient (Wildman–Crippen LogP) is 6.62. The van der Waals surface area contributed by atoms with E-state index in [0.29, 0.717) is 0 Å². The van der Waals surface area contributed by atoms with E-state index < -0.39 is 0 Å². The fourth-order valence-electron chi connectivity index (χ4n) is 1.37. The molecule has 0 radical (unpaired) electrons. The van der Waals surface area contributed by atoms with E-state index in [2.05, 4.69) is 60.3 Å². The Balaban J connectivity index is 0.00000137. The van der Waals surface area contributed by atoms with Crippen LogP contribution in [0.5, 0.6) is 0 Å². The number of aryl methyl sites for hydroxylation is 1. The van der Waals surface area contributed by atoms with Gasteiger partial charge in [-0.1, -0.05) is 63.1 Å². The van der Waals surface area contributed by atoms with E-state index in [-0.39, 0.29) is 0 Å². The molecule has 0 aliphatic rings. The van der Waals surface area contributed by atoms with Crippen LogP contribution in [0.15, 0.2) is 41.2 Å². The first-order chi connectivity index (χ1) is 8.54. The number of hydrogen-bond acceptors (Lipinski definition) is 1. The third-order valence-corrected chi connectivity index (χ3v) is 3.37. The average Bonchev–Trinajstić information content (AvgIpc) is 2.34. The van der Waals surface area contributed by atoms with Crippen LogP contribution in [0.4, 0.5) is 0 Å². The molecule has 0 nitrogen and oxygen atoms in total. The summed E-state index contributed by atoms with van der Waals surface area (Å²) in [6.07, 6.45) is 4.16. The van der Waals surface area contributed by atoms with Crippen LogP contribution in [0.2, 0.25) is 0 Å². The quantitative estimate of drug-likeness (QED) is 0.599. The second-order valence-electron chi connectivity index (χ2n) is 3.45. The molecule has 0 unspecified atom stereocenters. The smallest absolute Gasteiger partial charge is 0.0479 e. The molecule has 18 heavy (non-hydrogen) atoms. The van der Waals surface area contributed by atoms with Crippen LogP contribution < -0.4 is 0 Å². The highest BCUT2D eigenvalue weighted by molar-refractivity contribution is 9.14. The summed E-state index contributed by atoms with van der Waals surface area (Å²) in [4.78, 5) is 1.01. The average molecular weight is 325 g/mol. The van der Waals surface area contributed by atoms with Crippen LogP contribution in [-0.2, 0) is 0 Å². The Labute approximate surface area is 124 Å². The van der Waals surface area contributed by atoms with Crippen molar-refractivity contribution in [3.8, 4) is 0 Å². The van der Waals surface area contributed by atoms with Crippen molar-refractivity contribution in [3.63, 3.8) is 0 Å². The SMILES string of the molecule is C=C(Br)SC(=C)c1ccc(C)c(/C=C\C)c1.CC. The Kier molecular flexibility index (Phi) is 8.86. The molecule has 1 rings (SSSR count). The molecule has 0 bridgehead atoms. The number of hydrogen-bond donors (Lipinski definition) is 0. The van der Waals surface area contributed by atoms with Crippen molar-refractivity contribution in [2.75, 3.05) is 0 Å². The Hall–Kier alpha value is -0.730. The van der Waals surface area contributed by atoms with Gasteiger partial charge in [-0.2, -0.15) is 0 Å². The maximum atomic E-state index is 4.04. The summed E-state index contributed by atoms with van der Waals surface area (Å²) in [5, 5.41) is 0. The molecule has 0 aliphatic carbocycles. The molecule has 0 atom stereocenters. The standard InChI is InChI=1S/C14H15BrS.C2H6/c1-5-6-13-9-14(8-7-10(13)2)11(3)16-12(4)15;1-2/h5-9H,3-4H2,1-2H3;1-2H3/b6-5-;. The molecule has 0 heterocycles. The minimum absolute atomic E-state index is 0.880. The summed E-state index contributed by atoms with van der Waals surface area (Å²) < 4.78 is 0.880. The van der Waals surface area contributed by atoms with Gasteiger partial charge in [0.15, 0.2) is 0 Å². The Morgan fingerprint density at radius 3 is 2.39 bits per heavy atom. The fraction of sp³-hybridized carbons (Fsp3) is 0.250. The van der Waals surface area contributed by atoms with E-state index >= 15 is 0 Å². The lowest BCUT2D eigenvalue weighted by molar-refractivity contribution is 1.43. The molecule has 0 fully saturated rings. The zero-order chi connectivity index (χ0) is 14.1. The second kappa shape index (κ2) is 9.23. The van der Waals surface area contributed by atoms with E-state index in [4.69, 9.17) is 0 Å². The molecular formula is C16H21BrS. The maximum Gasteiger partial charge on any atom is 0.0479 e. The van der Waals surface area contributed by atoms with Gasteiger partial charge in [-0.3, -0.25) is 0 Å². The third kappa shape index (κ3) is 5.74. The minimum atomic E-state index is 0.880. The first-order valence-electron chi connectivity index (χ1n) is 5.99. The number of allylic oxidation sites excluding steroid dienone is 1. The molecule has 0 spiro atoms. The molecule has 2 heteroatoms. The summed E-state index contributed by atoms with van der Waals surface area (Å²) in [7, 11) is 0. The van der Waals surface area contributed by atoms with Crippen molar-refractivity contribution < 1.29 is 0 Å². The van der Waals surface area contributed by atoms with Crippen molar-refractivity contribution in [1.29, 1.82) is 0 Å². The van der Waals surface area contributed by atoms with Crippen molar-refractivity contribution in [3.05, 3.63) is 57.9 Å². The van der Waals surface area contributed by atoms with E-state index in [9.17, 15) is 0 Å². The highest BCUT2D eigenvalue weighted by Gasteiger charge is 2.03. The van der Waals surface area contributed by atoms with E-state index in [1.807, 2.05) is 26.8 Å². The molecule has 98 valence electrons. The molecule has 0 aromatic heterocycles. The van der Waals surface area contributed by atoms with Gasteiger partial charge in [0.25, 0.3) is 0 Å². The van der Waals surface area contributed by atoms with Gasteiger partial charge in [0.05, 0.1) is 0 Å². The Morgan fingerprint density at radius 2 is 1.89 bits per heavy atom. The van der Waals surface area contributed by atoms with Gasteiger partial charge in [0.1, 0.15) is 0 Å². The Morgan fingerprint density at radius 1 is 1.28 bits per heavy atom. The maximum absolute atomic E-state index is 4.04. The predicted molar refractivity (Wildman–Crippen MR) is 91.9 cm³/mol. The van der Waals surface area contributed by atoms with E-state index in [0.717, 1.165) is 14.3 Å². The molecule has 0 saturated heterocycles. The van der Waals surface area contributed by atoms with Crippen LogP contribution in [0, 0.1) is 6.92 Å². The topological polar surface area (TPSA) is 0 Å². The van der Waals surface area contributed by atoms with Crippen molar-refractivity contribution in [2.24, 2.45) is 0 Å². The molecular weight excluding hydrogens is 304 g/mol. The zero-order valence-corrected chi connectivity index (χ0v) is 14.0. The Bertz CT molecular complexity index is 444. The lowest BCUT2D eigenvalue weighted by Gasteiger charge is -2.07. The van der Waals surface area contributed by atoms with E-state index in [1.54, 1.807) is 11.8 Å². The third-order valence-electron chi connectivity index (χ3n) is 2.18. The molecule has 0 amide bonds. The summed E-state index contributed by atoms with van der Waals surface area (Å²) in [5.74, 6) is 0. The van der Waals surface area contributed by atoms with Gasteiger partial charge >= 0.3 is 0 Å². The van der Waals surface area contributed by atoms with Gasteiger partial charge in [-0.05, 0) is 52.5 Å². The summed E-state index contributed by atoms with van der Waals surface area (Å²) >= 11 is 4.87. The van der Waals surface area contributed by atoms with Crippen LogP contribution in [0.1, 0.15) is 37.5 Å².